The summed E-state index contributed by atoms with van der Waals surface area (Å²) < 4.78 is 6.44. The number of carbonyl (C=O) groups is 3. The van der Waals surface area contributed by atoms with Gasteiger partial charge in [-0.1, -0.05) is 39.0 Å². The van der Waals surface area contributed by atoms with Crippen LogP contribution in [0.1, 0.15) is 57.4 Å². The summed E-state index contributed by atoms with van der Waals surface area (Å²) in [5, 5.41) is 0. The van der Waals surface area contributed by atoms with Gasteiger partial charge in [0.25, 0.3) is 0 Å². The minimum Gasteiger partial charge on any atom is -0.460 e. The zero-order valence-corrected chi connectivity index (χ0v) is 16.2. The van der Waals surface area contributed by atoms with Crippen LogP contribution in [-0.2, 0) is 20.9 Å². The molecular weight excluding hydrogens is 330 g/mol. The number of aromatic nitrogens is 1. The first-order valence-corrected chi connectivity index (χ1v) is 9.26. The van der Waals surface area contributed by atoms with Crippen LogP contribution in [0.5, 0.6) is 0 Å². The lowest BCUT2D eigenvalue weighted by atomic mass is 10.1. The molecule has 0 saturated heterocycles. The van der Waals surface area contributed by atoms with E-state index in [0.717, 1.165) is 18.4 Å². The van der Waals surface area contributed by atoms with E-state index in [1.807, 2.05) is 24.6 Å². The van der Waals surface area contributed by atoms with Gasteiger partial charge in [-0.2, -0.15) is 0 Å². The van der Waals surface area contributed by atoms with E-state index in [-0.39, 0.29) is 12.4 Å². The molecule has 26 heavy (non-hydrogen) atoms. The van der Waals surface area contributed by atoms with Gasteiger partial charge in [0.2, 0.25) is 5.78 Å². The maximum atomic E-state index is 12.3. The van der Waals surface area contributed by atoms with Crippen LogP contribution in [0, 0.1) is 5.92 Å². The van der Waals surface area contributed by atoms with E-state index >= 15 is 0 Å². The molecule has 0 fully saturated rings. The van der Waals surface area contributed by atoms with Crippen molar-refractivity contribution in [1.82, 2.24) is 4.57 Å². The number of allylic oxidation sites excluding steroid dienone is 4. The van der Waals surface area contributed by atoms with Crippen LogP contribution in [0.25, 0.3) is 0 Å². The Morgan fingerprint density at radius 2 is 2.00 bits per heavy atom. The van der Waals surface area contributed by atoms with Crippen LogP contribution in [-0.4, -0.2) is 28.7 Å². The van der Waals surface area contributed by atoms with Crippen LogP contribution in [0.2, 0.25) is 0 Å². The molecule has 0 aliphatic heterocycles. The Balaban J connectivity index is 0.00000163. The van der Waals surface area contributed by atoms with Crippen molar-refractivity contribution in [3.63, 3.8) is 0 Å². The van der Waals surface area contributed by atoms with Crippen molar-refractivity contribution in [2.75, 3.05) is 6.61 Å². The molecule has 1 atom stereocenters. The van der Waals surface area contributed by atoms with Gasteiger partial charge in [0.1, 0.15) is 0 Å². The molecular formula is C21H29NO4. The van der Waals surface area contributed by atoms with E-state index in [4.69, 9.17) is 0 Å². The summed E-state index contributed by atoms with van der Waals surface area (Å²) in [6.07, 6.45) is 9.92. The molecule has 142 valence electrons. The topological polar surface area (TPSA) is 65.4 Å². The lowest BCUT2D eigenvalue weighted by Crippen LogP contribution is -2.22. The Bertz CT molecular complexity index is 682. The lowest BCUT2D eigenvalue weighted by molar-refractivity contribution is -0.153. The zero-order valence-electron chi connectivity index (χ0n) is 16.2. The number of hydrogen-bond donors (Lipinski definition) is 0. The number of ketones is 2. The minimum atomic E-state index is -0.952. The summed E-state index contributed by atoms with van der Waals surface area (Å²) in [7, 11) is 0. The molecule has 0 aromatic carbocycles. The molecule has 5 nitrogen and oxygen atoms in total. The molecule has 1 aliphatic carbocycles. The highest BCUT2D eigenvalue weighted by Gasteiger charge is 2.21. The van der Waals surface area contributed by atoms with Crippen LogP contribution in [0.4, 0.5) is 0 Å². The first kappa shape index (κ1) is 21.6. The second-order valence-corrected chi connectivity index (χ2v) is 5.96. The smallest absolute Gasteiger partial charge is 0.375 e. The van der Waals surface area contributed by atoms with Crippen molar-refractivity contribution in [3.8, 4) is 0 Å². The highest BCUT2D eigenvalue weighted by Crippen LogP contribution is 2.18. The van der Waals surface area contributed by atoms with Gasteiger partial charge in [-0.25, -0.2) is 4.79 Å². The first-order valence-electron chi connectivity index (χ1n) is 9.26. The predicted molar refractivity (Wildman–Crippen MR) is 102 cm³/mol. The minimum absolute atomic E-state index is 0.119. The fourth-order valence-electron chi connectivity index (χ4n) is 2.62. The van der Waals surface area contributed by atoms with Crippen molar-refractivity contribution < 1.29 is 19.1 Å². The quantitative estimate of drug-likeness (QED) is 0.318. The molecule has 2 rings (SSSR count). The van der Waals surface area contributed by atoms with Gasteiger partial charge in [0, 0.05) is 12.7 Å². The second-order valence-electron chi connectivity index (χ2n) is 5.96. The number of nitrogens with zero attached hydrogens (tertiary/aromatic N) is 1. The van der Waals surface area contributed by atoms with E-state index in [1.54, 1.807) is 19.1 Å². The van der Waals surface area contributed by atoms with Crippen molar-refractivity contribution in [2.45, 2.75) is 53.5 Å². The summed E-state index contributed by atoms with van der Waals surface area (Å²) in [5.74, 6) is -1.58. The fourth-order valence-corrected chi connectivity index (χ4v) is 2.62. The monoisotopic (exact) mass is 359 g/mol. The number of ether oxygens (including phenoxy) is 1. The van der Waals surface area contributed by atoms with Gasteiger partial charge in [0.15, 0.2) is 5.78 Å². The van der Waals surface area contributed by atoms with Crippen molar-refractivity contribution in [3.05, 3.63) is 47.8 Å². The summed E-state index contributed by atoms with van der Waals surface area (Å²) >= 11 is 0. The number of rotatable bonds is 7. The molecule has 0 radical (unpaired) electrons. The Labute approximate surface area is 155 Å². The number of Topliss-reactive ketones (excluding diaryl/α,β-unsaturated/α-hetero) is 2. The van der Waals surface area contributed by atoms with Crippen LogP contribution in [0.3, 0.4) is 0 Å². The SMILES string of the molecule is CC.CCOC(=O)C(=O)CC(=O)c1cccn1CC1=CCCC(C)C=C1. The van der Waals surface area contributed by atoms with Crippen molar-refractivity contribution in [2.24, 2.45) is 5.92 Å². The zero-order chi connectivity index (χ0) is 19.5. The molecule has 0 bridgehead atoms. The molecule has 0 saturated carbocycles. The molecule has 1 unspecified atom stereocenters. The first-order chi connectivity index (χ1) is 12.5. The molecule has 1 aliphatic rings. The van der Waals surface area contributed by atoms with Gasteiger partial charge < -0.3 is 9.30 Å². The third kappa shape index (κ3) is 6.47. The maximum Gasteiger partial charge on any atom is 0.375 e. The Morgan fingerprint density at radius 3 is 2.69 bits per heavy atom. The molecule has 1 heterocycles. The number of hydrogen-bond acceptors (Lipinski definition) is 4. The lowest BCUT2D eigenvalue weighted by Gasteiger charge is -2.09. The third-order valence-electron chi connectivity index (χ3n) is 3.96. The normalized spacial score (nSPS) is 16.0. The Morgan fingerprint density at radius 1 is 1.27 bits per heavy atom. The molecule has 1 aromatic rings. The average molecular weight is 359 g/mol. The van der Waals surface area contributed by atoms with Gasteiger partial charge in [-0.15, -0.1) is 0 Å². The van der Waals surface area contributed by atoms with Crippen LogP contribution < -0.4 is 0 Å². The average Bonchev–Trinajstić information content (AvgIpc) is 2.99. The van der Waals surface area contributed by atoms with E-state index in [9.17, 15) is 14.4 Å². The van der Waals surface area contributed by atoms with Gasteiger partial charge >= 0.3 is 5.97 Å². The molecule has 5 heteroatoms. The highest BCUT2D eigenvalue weighted by molar-refractivity contribution is 6.38. The van der Waals surface area contributed by atoms with Crippen LogP contribution in [0.15, 0.2) is 42.1 Å². The van der Waals surface area contributed by atoms with Crippen LogP contribution >= 0.6 is 0 Å². The molecule has 1 aromatic heterocycles. The molecule has 0 N–H and O–H groups in total. The predicted octanol–water partition coefficient (Wildman–Crippen LogP) is 4.13. The molecule has 0 spiro atoms. The van der Waals surface area contributed by atoms with E-state index < -0.39 is 18.2 Å². The summed E-state index contributed by atoms with van der Waals surface area (Å²) in [5.41, 5.74) is 1.57. The largest absolute Gasteiger partial charge is 0.460 e. The standard InChI is InChI=1S/C19H23NO4.C2H6/c1-3-24-19(23)18(22)12-17(21)16-8-5-11-20(16)13-15-7-4-6-14(2)9-10-15;1-2/h5,7-11,14H,3-4,6,12-13H2,1-2H3;1-2H3. The summed E-state index contributed by atoms with van der Waals surface area (Å²) in [4.78, 5) is 35.4. The molecule has 0 amide bonds. The van der Waals surface area contributed by atoms with E-state index in [0.29, 0.717) is 18.2 Å². The maximum absolute atomic E-state index is 12.3. The second kappa shape index (κ2) is 11.2. The summed E-state index contributed by atoms with van der Waals surface area (Å²) in [6.45, 7) is 8.49. The van der Waals surface area contributed by atoms with Gasteiger partial charge in [-0.3, -0.25) is 9.59 Å². The van der Waals surface area contributed by atoms with Gasteiger partial charge in [0.05, 0.1) is 18.7 Å². The number of esters is 1. The highest BCUT2D eigenvalue weighted by atomic mass is 16.5. The Hall–Kier alpha value is -2.43. The Kier molecular flexibility index (Phi) is 9.34. The van der Waals surface area contributed by atoms with E-state index in [2.05, 4.69) is 29.9 Å². The fraction of sp³-hybridized carbons (Fsp3) is 0.476. The number of carbonyl (C=O) groups excluding carboxylic acids is 3. The van der Waals surface area contributed by atoms with Gasteiger partial charge in [-0.05, 0) is 43.4 Å². The third-order valence-corrected chi connectivity index (χ3v) is 3.96. The van der Waals surface area contributed by atoms with Crippen molar-refractivity contribution in [1.29, 1.82) is 0 Å². The van der Waals surface area contributed by atoms with Crippen molar-refractivity contribution >= 4 is 17.5 Å². The van der Waals surface area contributed by atoms with E-state index in [1.165, 1.54) is 0 Å². The summed E-state index contributed by atoms with van der Waals surface area (Å²) in [6, 6.07) is 3.44.